The summed E-state index contributed by atoms with van der Waals surface area (Å²) in [7, 11) is 0. The van der Waals surface area contributed by atoms with Gasteiger partial charge < -0.3 is 39.0 Å². The van der Waals surface area contributed by atoms with Crippen LogP contribution in [0.1, 0.15) is 201 Å². The summed E-state index contributed by atoms with van der Waals surface area (Å²) < 4.78 is 28.2. The fourth-order valence-corrected chi connectivity index (χ4v) is 8.12. The maximum absolute atomic E-state index is 13.2. The Morgan fingerprint density at radius 3 is 1.27 bits per heavy atom. The molecular weight excluding hydrogens is 1040 g/mol. The smallest absolute Gasteiger partial charge is 0.335 e. The second-order valence-electron chi connectivity index (χ2n) is 20.2. The Labute approximate surface area is 500 Å². The Balaban J connectivity index is 2.79. The molecular formula is C71H106O12. The average molecular weight is 1150 g/mol. The van der Waals surface area contributed by atoms with Crippen molar-refractivity contribution < 1.29 is 58.2 Å². The lowest BCUT2D eigenvalue weighted by molar-refractivity contribution is -0.301. The molecule has 0 amide bonds. The fraction of sp³-hybridized carbons (Fsp3) is 0.549. The normalized spacial score (nSPS) is 18.8. The Kier molecular flexibility index (Phi) is 51.2. The zero-order valence-electron chi connectivity index (χ0n) is 50.9. The first-order chi connectivity index (χ1) is 40.6. The Morgan fingerprint density at radius 2 is 0.819 bits per heavy atom. The topological polar surface area (TPSA) is 175 Å². The van der Waals surface area contributed by atoms with Gasteiger partial charge in [0.2, 0.25) is 0 Å². The molecule has 1 aliphatic heterocycles. The number of esters is 3. The van der Waals surface area contributed by atoms with Crippen LogP contribution >= 0.6 is 0 Å². The van der Waals surface area contributed by atoms with Gasteiger partial charge in [-0.2, -0.15) is 0 Å². The predicted octanol–water partition coefficient (Wildman–Crippen LogP) is 16.7. The van der Waals surface area contributed by atoms with Crippen molar-refractivity contribution in [2.45, 2.75) is 237 Å². The summed E-state index contributed by atoms with van der Waals surface area (Å²) in [6.07, 6.45) is 72.1. The quantitative estimate of drug-likeness (QED) is 0.0228. The number of carbonyl (C=O) groups is 4. The van der Waals surface area contributed by atoms with Crippen molar-refractivity contribution in [3.05, 3.63) is 170 Å². The van der Waals surface area contributed by atoms with Gasteiger partial charge in [-0.15, -0.1) is 0 Å². The van der Waals surface area contributed by atoms with Crippen LogP contribution in [-0.2, 0) is 42.9 Å². The standard InChI is InChI=1S/C71H106O12/c1-4-7-10-13-16-19-22-25-28-30-32-34-37-39-42-45-48-51-54-57-63(72)79-60-62(81-64(73)58-55-52-49-46-43-41-38-35-33-31-29-26-23-20-17-14-11-8-5-2)61-80-71-69(67(76)66(75)68(83-71)70(77)78)82-65(74)59-56-53-50-47-44-40-36-27-24-21-18-15-12-9-6-3/h7,9-10,12,16-21,25-29,32-36,39,42,44,47-48,51,53,56,62,66-69,71,75-76H,4-6,8,11,13-15,22-24,30-31,37-38,40-41,43,45-46,49-50,52,54-55,57-61H2,1-3H3,(H,77,78)/b10-7-,12-9-,19-16-,20-17-,21-18-,28-25-,29-26-,34-32-,35-33-,36-27-,42-39-,47-44-,51-48-,56-53-. The van der Waals surface area contributed by atoms with Crippen LogP contribution in [0.2, 0.25) is 0 Å². The van der Waals surface area contributed by atoms with Gasteiger partial charge in [-0.3, -0.25) is 14.4 Å². The van der Waals surface area contributed by atoms with E-state index in [-0.39, 0.29) is 25.9 Å². The zero-order valence-corrected chi connectivity index (χ0v) is 50.9. The third kappa shape index (κ3) is 46.2. The maximum atomic E-state index is 13.2. The molecule has 6 atom stereocenters. The van der Waals surface area contributed by atoms with Gasteiger partial charge in [0.05, 0.1) is 13.0 Å². The molecule has 1 aliphatic rings. The van der Waals surface area contributed by atoms with Gasteiger partial charge in [-0.25, -0.2) is 4.79 Å². The van der Waals surface area contributed by atoms with Gasteiger partial charge in [-0.1, -0.05) is 229 Å². The maximum Gasteiger partial charge on any atom is 0.335 e. The molecule has 6 unspecified atom stereocenters. The summed E-state index contributed by atoms with van der Waals surface area (Å²) >= 11 is 0. The molecule has 0 radical (unpaired) electrons. The molecule has 0 bridgehead atoms. The first-order valence-corrected chi connectivity index (χ1v) is 31.1. The number of allylic oxidation sites excluding steroid dienone is 27. The van der Waals surface area contributed by atoms with E-state index in [0.29, 0.717) is 25.7 Å². The Hall–Kier alpha value is -5.92. The highest BCUT2D eigenvalue weighted by atomic mass is 16.7. The third-order valence-corrected chi connectivity index (χ3v) is 12.8. The minimum Gasteiger partial charge on any atom is -0.479 e. The van der Waals surface area contributed by atoms with Gasteiger partial charge in [0.15, 0.2) is 24.6 Å². The van der Waals surface area contributed by atoms with E-state index < -0.39 is 67.3 Å². The number of aliphatic carboxylic acids is 1. The molecule has 3 N–H and O–H groups in total. The highest BCUT2D eigenvalue weighted by Gasteiger charge is 2.50. The Morgan fingerprint density at radius 1 is 0.422 bits per heavy atom. The second-order valence-corrected chi connectivity index (χ2v) is 20.2. The van der Waals surface area contributed by atoms with Crippen molar-refractivity contribution in [3.63, 3.8) is 0 Å². The van der Waals surface area contributed by atoms with Crippen molar-refractivity contribution in [1.29, 1.82) is 0 Å². The largest absolute Gasteiger partial charge is 0.479 e. The summed E-state index contributed by atoms with van der Waals surface area (Å²) in [6.45, 7) is 5.60. The van der Waals surface area contributed by atoms with Crippen molar-refractivity contribution in [3.8, 4) is 0 Å². The predicted molar refractivity (Wildman–Crippen MR) is 339 cm³/mol. The summed E-state index contributed by atoms with van der Waals surface area (Å²) in [5.41, 5.74) is 0. The molecule has 0 aliphatic carbocycles. The van der Waals surface area contributed by atoms with E-state index in [9.17, 15) is 34.5 Å². The summed E-state index contributed by atoms with van der Waals surface area (Å²) in [4.78, 5) is 51.2. The lowest BCUT2D eigenvalue weighted by Crippen LogP contribution is -2.61. The van der Waals surface area contributed by atoms with Crippen LogP contribution in [0.3, 0.4) is 0 Å². The van der Waals surface area contributed by atoms with Crippen LogP contribution in [0.15, 0.2) is 170 Å². The minimum atomic E-state index is -1.96. The molecule has 12 nitrogen and oxygen atoms in total. The fourth-order valence-electron chi connectivity index (χ4n) is 8.12. The number of carbonyl (C=O) groups excluding carboxylic acids is 3. The van der Waals surface area contributed by atoms with E-state index in [2.05, 4.69) is 154 Å². The van der Waals surface area contributed by atoms with Crippen molar-refractivity contribution in [1.82, 2.24) is 0 Å². The minimum absolute atomic E-state index is 0.0701. The molecule has 1 fully saturated rings. The molecule has 1 heterocycles. The van der Waals surface area contributed by atoms with Crippen LogP contribution in [0.4, 0.5) is 0 Å². The van der Waals surface area contributed by atoms with Crippen LogP contribution in [0, 0.1) is 0 Å². The number of hydrogen-bond acceptors (Lipinski definition) is 11. The third-order valence-electron chi connectivity index (χ3n) is 12.8. The van der Waals surface area contributed by atoms with Crippen molar-refractivity contribution in [2.75, 3.05) is 13.2 Å². The van der Waals surface area contributed by atoms with Crippen LogP contribution in [-0.4, -0.2) is 89.2 Å². The lowest BCUT2D eigenvalue weighted by Gasteiger charge is -2.40. The van der Waals surface area contributed by atoms with Gasteiger partial charge in [0.1, 0.15) is 18.8 Å². The van der Waals surface area contributed by atoms with E-state index >= 15 is 0 Å². The zero-order chi connectivity index (χ0) is 60.3. The molecule has 0 aromatic heterocycles. The van der Waals surface area contributed by atoms with E-state index in [4.69, 9.17) is 23.7 Å². The SMILES string of the molecule is CC/C=C\C/C=C\C/C=C\C/C=C\C/C=C\C/C=C\CCC(=O)OCC(COC1OC(C(=O)O)C(O)C(O)C1OC(=O)C/C=C\C/C=C\C/C=C\C/C=C\C/C=C\CC)OC(=O)CCCCCCCC/C=C\C/C=C\C/C=C\CCCCC. The van der Waals surface area contributed by atoms with Crippen molar-refractivity contribution >= 4 is 23.9 Å². The highest BCUT2D eigenvalue weighted by Crippen LogP contribution is 2.26. The number of rotatable bonds is 50. The lowest BCUT2D eigenvalue weighted by atomic mass is 9.98. The summed E-state index contributed by atoms with van der Waals surface area (Å²) in [6, 6.07) is 0. The number of unbranched alkanes of at least 4 members (excludes halogenated alkanes) is 9. The van der Waals surface area contributed by atoms with Gasteiger partial charge >= 0.3 is 23.9 Å². The monoisotopic (exact) mass is 1150 g/mol. The number of carboxylic acids is 1. The van der Waals surface area contributed by atoms with E-state index in [0.717, 1.165) is 116 Å². The number of aliphatic hydroxyl groups excluding tert-OH is 2. The van der Waals surface area contributed by atoms with E-state index in [1.54, 1.807) is 12.2 Å². The molecule has 0 spiro atoms. The second kappa shape index (κ2) is 56.6. The molecule has 0 aromatic carbocycles. The number of hydrogen-bond donors (Lipinski definition) is 3. The molecule has 1 saturated heterocycles. The summed E-state index contributed by atoms with van der Waals surface area (Å²) in [5.74, 6) is -3.44. The molecule has 0 saturated carbocycles. The van der Waals surface area contributed by atoms with Gasteiger partial charge in [0, 0.05) is 12.8 Å². The molecule has 0 aromatic rings. The Bertz CT molecular complexity index is 2090. The first-order valence-electron chi connectivity index (χ1n) is 31.1. The molecule has 83 heavy (non-hydrogen) atoms. The highest BCUT2D eigenvalue weighted by molar-refractivity contribution is 5.74. The van der Waals surface area contributed by atoms with Gasteiger partial charge in [-0.05, 0) is 122 Å². The van der Waals surface area contributed by atoms with Crippen LogP contribution < -0.4 is 0 Å². The van der Waals surface area contributed by atoms with E-state index in [1.165, 1.54) is 19.3 Å². The van der Waals surface area contributed by atoms with Crippen LogP contribution in [0.25, 0.3) is 0 Å². The number of ether oxygens (including phenoxy) is 5. The van der Waals surface area contributed by atoms with E-state index in [1.807, 2.05) is 24.3 Å². The van der Waals surface area contributed by atoms with Gasteiger partial charge in [0.25, 0.3) is 0 Å². The van der Waals surface area contributed by atoms with Crippen LogP contribution in [0.5, 0.6) is 0 Å². The average Bonchev–Trinajstić information content (AvgIpc) is 3.58. The molecule has 12 heteroatoms. The molecule has 462 valence electrons. The summed E-state index contributed by atoms with van der Waals surface area (Å²) in [5, 5.41) is 31.5. The van der Waals surface area contributed by atoms with Crippen molar-refractivity contribution in [2.24, 2.45) is 0 Å². The number of aliphatic hydroxyl groups is 2. The first kappa shape index (κ1) is 75.1. The molecule has 1 rings (SSSR count). The number of carboxylic acid groups (broad SMARTS) is 1.